The summed E-state index contributed by atoms with van der Waals surface area (Å²) < 4.78 is 34.4. The molecule has 1 saturated heterocycles. The van der Waals surface area contributed by atoms with Crippen LogP contribution in [-0.4, -0.2) is 53.5 Å². The van der Waals surface area contributed by atoms with Crippen molar-refractivity contribution in [2.75, 3.05) is 19.0 Å². The molecule has 1 aliphatic rings. The van der Waals surface area contributed by atoms with Crippen LogP contribution in [0.25, 0.3) is 0 Å². The Labute approximate surface area is 131 Å². The Morgan fingerprint density at radius 1 is 1.52 bits per heavy atom. The molecule has 1 aromatic rings. The van der Waals surface area contributed by atoms with Crippen LogP contribution in [0.4, 0.5) is 0 Å². The molecule has 0 N–H and O–H groups in total. The van der Waals surface area contributed by atoms with Crippen molar-refractivity contribution >= 4 is 21.6 Å². The number of morpholine rings is 1. The van der Waals surface area contributed by atoms with Gasteiger partial charge in [0.15, 0.2) is 5.03 Å². The number of aryl methyl sites for hydroxylation is 2. The number of rotatable bonds is 5. The van der Waals surface area contributed by atoms with Gasteiger partial charge in [-0.2, -0.15) is 4.31 Å². The molecule has 2 rings (SSSR count). The zero-order valence-corrected chi connectivity index (χ0v) is 14.2. The lowest BCUT2D eigenvalue weighted by Gasteiger charge is -2.35. The number of halogens is 1. The van der Waals surface area contributed by atoms with E-state index in [9.17, 15) is 8.42 Å². The highest BCUT2D eigenvalue weighted by Crippen LogP contribution is 2.22. The van der Waals surface area contributed by atoms with E-state index in [-0.39, 0.29) is 29.6 Å². The van der Waals surface area contributed by atoms with E-state index < -0.39 is 10.0 Å². The Morgan fingerprint density at radius 3 is 2.86 bits per heavy atom. The maximum atomic E-state index is 12.8. The van der Waals surface area contributed by atoms with E-state index in [0.717, 1.165) is 13.0 Å². The highest BCUT2D eigenvalue weighted by molar-refractivity contribution is 7.89. The van der Waals surface area contributed by atoms with E-state index in [2.05, 4.69) is 4.98 Å². The molecule has 0 saturated carbocycles. The molecule has 0 aromatic carbocycles. The lowest BCUT2D eigenvalue weighted by atomic mass is 10.2. The van der Waals surface area contributed by atoms with Crippen LogP contribution in [-0.2, 0) is 21.3 Å². The molecule has 6 nitrogen and oxygen atoms in total. The van der Waals surface area contributed by atoms with Crippen molar-refractivity contribution in [2.24, 2.45) is 0 Å². The smallest absolute Gasteiger partial charge is 0.262 e. The third kappa shape index (κ3) is 3.41. The van der Waals surface area contributed by atoms with E-state index in [1.807, 2.05) is 25.3 Å². The molecular weight excluding hydrogens is 314 g/mol. The summed E-state index contributed by atoms with van der Waals surface area (Å²) in [5.74, 6) is 0.993. The van der Waals surface area contributed by atoms with E-state index in [1.54, 1.807) is 6.20 Å². The second-order valence-corrected chi connectivity index (χ2v) is 7.50. The Morgan fingerprint density at radius 2 is 2.24 bits per heavy atom. The number of hydrogen-bond acceptors (Lipinski definition) is 4. The molecule has 2 atom stereocenters. The van der Waals surface area contributed by atoms with E-state index in [1.165, 1.54) is 4.31 Å². The predicted octanol–water partition coefficient (Wildman–Crippen LogP) is 1.62. The fourth-order valence-electron chi connectivity index (χ4n) is 2.41. The molecule has 1 aliphatic heterocycles. The van der Waals surface area contributed by atoms with Gasteiger partial charge in [-0.1, -0.05) is 6.92 Å². The molecule has 2 heterocycles. The van der Waals surface area contributed by atoms with Crippen molar-refractivity contribution < 1.29 is 13.2 Å². The van der Waals surface area contributed by atoms with E-state index >= 15 is 0 Å². The second-order valence-electron chi connectivity index (χ2n) is 5.35. The largest absolute Gasteiger partial charge is 0.374 e. The predicted molar refractivity (Wildman–Crippen MR) is 81.1 cm³/mol. The first kappa shape index (κ1) is 16.7. The van der Waals surface area contributed by atoms with Gasteiger partial charge in [0, 0.05) is 31.2 Å². The highest BCUT2D eigenvalue weighted by Gasteiger charge is 2.36. The molecule has 21 heavy (non-hydrogen) atoms. The first-order chi connectivity index (χ1) is 9.90. The van der Waals surface area contributed by atoms with Crippen LogP contribution in [0.15, 0.2) is 11.2 Å². The molecule has 120 valence electrons. The average Bonchev–Trinajstić information content (AvgIpc) is 2.82. The normalized spacial score (nSPS) is 24.4. The zero-order valence-electron chi connectivity index (χ0n) is 12.6. The molecule has 1 aromatic heterocycles. The minimum atomic E-state index is -3.61. The summed E-state index contributed by atoms with van der Waals surface area (Å²) >= 11 is 5.79. The zero-order chi connectivity index (χ0) is 15.6. The highest BCUT2D eigenvalue weighted by atomic mass is 35.5. The SMILES string of the molecule is CCCn1cc(S(=O)(=O)N2CC(CCl)OCC2C)nc1C. The van der Waals surface area contributed by atoms with Crippen LogP contribution in [0.3, 0.4) is 0 Å². The quantitative estimate of drug-likeness (QED) is 0.767. The summed E-state index contributed by atoms with van der Waals surface area (Å²) in [4.78, 5) is 4.22. The van der Waals surface area contributed by atoms with Gasteiger partial charge in [-0.3, -0.25) is 0 Å². The Hall–Kier alpha value is -0.630. The van der Waals surface area contributed by atoms with Crippen molar-refractivity contribution in [3.05, 3.63) is 12.0 Å². The van der Waals surface area contributed by atoms with Crippen LogP contribution in [0.1, 0.15) is 26.1 Å². The Bertz CT molecular complexity index is 587. The van der Waals surface area contributed by atoms with Gasteiger partial charge in [0.05, 0.1) is 12.7 Å². The number of imidazole rings is 1. The topological polar surface area (TPSA) is 64.4 Å². The molecule has 0 radical (unpaired) electrons. The van der Waals surface area contributed by atoms with Gasteiger partial charge in [0.2, 0.25) is 0 Å². The molecule has 0 spiro atoms. The summed E-state index contributed by atoms with van der Waals surface area (Å²) in [6.07, 6.45) is 2.28. The molecule has 8 heteroatoms. The maximum Gasteiger partial charge on any atom is 0.262 e. The minimum Gasteiger partial charge on any atom is -0.374 e. The molecule has 1 fully saturated rings. The lowest BCUT2D eigenvalue weighted by molar-refractivity contribution is -0.0152. The second kappa shape index (κ2) is 6.64. The van der Waals surface area contributed by atoms with Crippen molar-refractivity contribution in [1.82, 2.24) is 13.9 Å². The van der Waals surface area contributed by atoms with Crippen LogP contribution in [0.2, 0.25) is 0 Å². The average molecular weight is 336 g/mol. The van der Waals surface area contributed by atoms with Gasteiger partial charge >= 0.3 is 0 Å². The van der Waals surface area contributed by atoms with Gasteiger partial charge in [-0.25, -0.2) is 13.4 Å². The molecule has 0 bridgehead atoms. The first-order valence-electron chi connectivity index (χ1n) is 7.13. The number of nitrogens with zero attached hydrogens (tertiary/aromatic N) is 3. The van der Waals surface area contributed by atoms with Crippen LogP contribution >= 0.6 is 11.6 Å². The fourth-order valence-corrected chi connectivity index (χ4v) is 4.24. The summed E-state index contributed by atoms with van der Waals surface area (Å²) in [7, 11) is -3.61. The third-order valence-electron chi connectivity index (χ3n) is 3.61. The van der Waals surface area contributed by atoms with E-state index in [0.29, 0.717) is 12.4 Å². The molecule has 2 unspecified atom stereocenters. The van der Waals surface area contributed by atoms with Crippen LogP contribution in [0, 0.1) is 6.92 Å². The minimum absolute atomic E-state index is 0.107. The fraction of sp³-hybridized carbons (Fsp3) is 0.769. The monoisotopic (exact) mass is 335 g/mol. The summed E-state index contributed by atoms with van der Waals surface area (Å²) in [5, 5.41) is 0.107. The van der Waals surface area contributed by atoms with Gasteiger partial charge in [0.1, 0.15) is 5.82 Å². The molecular formula is C13H22ClN3O3S. The van der Waals surface area contributed by atoms with Crippen molar-refractivity contribution in [3.8, 4) is 0 Å². The molecule has 0 amide bonds. The maximum absolute atomic E-state index is 12.8. The van der Waals surface area contributed by atoms with Gasteiger partial charge in [-0.15, -0.1) is 11.6 Å². The van der Waals surface area contributed by atoms with Gasteiger partial charge in [-0.05, 0) is 20.3 Å². The lowest BCUT2D eigenvalue weighted by Crippen LogP contribution is -2.51. The summed E-state index contributed by atoms with van der Waals surface area (Å²) in [5.41, 5.74) is 0. The van der Waals surface area contributed by atoms with Crippen molar-refractivity contribution in [1.29, 1.82) is 0 Å². The number of ether oxygens (including phenoxy) is 1. The Balaban J connectivity index is 2.30. The van der Waals surface area contributed by atoms with Gasteiger partial charge < -0.3 is 9.30 Å². The Kier molecular flexibility index (Phi) is 5.29. The number of sulfonamides is 1. The number of alkyl halides is 1. The van der Waals surface area contributed by atoms with Crippen LogP contribution in [0.5, 0.6) is 0 Å². The van der Waals surface area contributed by atoms with Crippen molar-refractivity contribution in [2.45, 2.75) is 50.9 Å². The first-order valence-corrected chi connectivity index (χ1v) is 9.10. The van der Waals surface area contributed by atoms with Crippen molar-refractivity contribution in [3.63, 3.8) is 0 Å². The molecule has 0 aliphatic carbocycles. The summed E-state index contributed by atoms with van der Waals surface area (Å²) in [6, 6.07) is -0.217. The standard InChI is InChI=1S/C13H22ClN3O3S/c1-4-5-16-8-13(15-11(16)3)21(18,19)17-7-12(6-14)20-9-10(17)2/h8,10,12H,4-7,9H2,1-3H3. The van der Waals surface area contributed by atoms with E-state index in [4.69, 9.17) is 16.3 Å². The number of hydrogen-bond donors (Lipinski definition) is 0. The number of aromatic nitrogens is 2. The summed E-state index contributed by atoms with van der Waals surface area (Å²) in [6.45, 7) is 7.08. The third-order valence-corrected chi connectivity index (χ3v) is 5.81. The van der Waals surface area contributed by atoms with Gasteiger partial charge in [0.25, 0.3) is 10.0 Å². The van der Waals surface area contributed by atoms with Crippen LogP contribution < -0.4 is 0 Å².